The van der Waals surface area contributed by atoms with E-state index in [9.17, 15) is 0 Å². The van der Waals surface area contributed by atoms with Gasteiger partial charge in [0, 0.05) is 30.7 Å². The lowest BCUT2D eigenvalue weighted by Gasteiger charge is -2.47. The number of nitrogens with zero attached hydrogens (tertiary/aromatic N) is 1. The number of benzene rings is 2. The highest BCUT2D eigenvalue weighted by molar-refractivity contribution is 7.80. The second-order valence-corrected chi connectivity index (χ2v) is 9.39. The van der Waals surface area contributed by atoms with Crippen LogP contribution in [0.2, 0.25) is 0 Å². The lowest BCUT2D eigenvalue weighted by atomic mass is 9.76. The van der Waals surface area contributed by atoms with Crippen molar-refractivity contribution in [3.63, 3.8) is 0 Å². The number of thiocarbonyl (C=S) groups is 1. The fraction of sp³-hybridized carbons (Fsp3) is 0.519. The second kappa shape index (κ2) is 13.8. The number of hydrogen-bond donors (Lipinski definition) is 1. The van der Waals surface area contributed by atoms with Crippen LogP contribution in [0.4, 0.5) is 5.69 Å². The Hall–Kier alpha value is -2.22. The van der Waals surface area contributed by atoms with E-state index in [1.807, 2.05) is 48.5 Å². The molecule has 3 atom stereocenters. The van der Waals surface area contributed by atoms with Gasteiger partial charge in [-0.15, -0.1) is 12.4 Å². The minimum absolute atomic E-state index is 0. The molecular formula is C27H37ClN2O4S. The zero-order valence-corrected chi connectivity index (χ0v) is 22.2. The predicted molar refractivity (Wildman–Crippen MR) is 146 cm³/mol. The maximum absolute atomic E-state index is 6.30. The monoisotopic (exact) mass is 520 g/mol. The minimum Gasteiger partial charge on any atom is -0.497 e. The van der Waals surface area contributed by atoms with Crippen LogP contribution in [0.5, 0.6) is 17.2 Å². The number of anilines is 1. The lowest BCUT2D eigenvalue weighted by molar-refractivity contribution is -0.0288. The third-order valence-corrected chi connectivity index (χ3v) is 7.14. The largest absolute Gasteiger partial charge is 0.497 e. The summed E-state index contributed by atoms with van der Waals surface area (Å²) in [7, 11) is 3.34. The van der Waals surface area contributed by atoms with Gasteiger partial charge in [0.1, 0.15) is 23.4 Å². The summed E-state index contributed by atoms with van der Waals surface area (Å²) in [6, 6.07) is 16.1. The number of ether oxygens (including phenoxy) is 4. The summed E-state index contributed by atoms with van der Waals surface area (Å²) >= 11 is 5.55. The van der Waals surface area contributed by atoms with Gasteiger partial charge in [0.15, 0.2) is 0 Å². The number of piperidine rings is 1. The van der Waals surface area contributed by atoms with Crippen molar-refractivity contribution in [1.29, 1.82) is 0 Å². The quantitative estimate of drug-likeness (QED) is 0.324. The molecule has 1 heterocycles. The van der Waals surface area contributed by atoms with Crippen molar-refractivity contribution in [2.45, 2.75) is 50.7 Å². The van der Waals surface area contributed by atoms with Crippen molar-refractivity contribution in [3.8, 4) is 17.2 Å². The molecule has 192 valence electrons. The Labute approximate surface area is 220 Å². The average molecular weight is 521 g/mol. The molecule has 4 rings (SSSR count). The van der Waals surface area contributed by atoms with Gasteiger partial charge in [0.25, 0.3) is 5.17 Å². The van der Waals surface area contributed by atoms with Crippen LogP contribution in [0.3, 0.4) is 0 Å². The van der Waals surface area contributed by atoms with Gasteiger partial charge in [0.05, 0.1) is 20.8 Å². The van der Waals surface area contributed by atoms with Crippen LogP contribution in [0.15, 0.2) is 48.5 Å². The molecule has 8 heteroatoms. The van der Waals surface area contributed by atoms with Crippen molar-refractivity contribution in [3.05, 3.63) is 48.5 Å². The van der Waals surface area contributed by atoms with E-state index in [1.54, 1.807) is 14.2 Å². The van der Waals surface area contributed by atoms with E-state index in [0.29, 0.717) is 17.1 Å². The molecule has 1 aliphatic heterocycles. The predicted octanol–water partition coefficient (Wildman–Crippen LogP) is 5.94. The molecule has 2 aromatic rings. The van der Waals surface area contributed by atoms with Gasteiger partial charge in [-0.25, -0.2) is 0 Å². The highest BCUT2D eigenvalue weighted by atomic mass is 35.5. The van der Waals surface area contributed by atoms with E-state index >= 15 is 0 Å². The van der Waals surface area contributed by atoms with Gasteiger partial charge in [-0.2, -0.15) is 0 Å². The number of methoxy groups -OCH3 is 2. The van der Waals surface area contributed by atoms with Crippen LogP contribution in [-0.2, 0) is 4.74 Å². The molecule has 0 spiro atoms. The fourth-order valence-corrected chi connectivity index (χ4v) is 5.45. The Bertz CT molecular complexity index is 912. The van der Waals surface area contributed by atoms with Crippen LogP contribution in [0.25, 0.3) is 0 Å². The topological polar surface area (TPSA) is 52.2 Å². The summed E-state index contributed by atoms with van der Waals surface area (Å²) < 4.78 is 22.7. The van der Waals surface area contributed by atoms with Crippen LogP contribution >= 0.6 is 24.6 Å². The third-order valence-electron chi connectivity index (χ3n) is 6.94. The van der Waals surface area contributed by atoms with Crippen LogP contribution in [-0.4, -0.2) is 56.1 Å². The Kier molecular flexibility index (Phi) is 10.8. The molecule has 0 aromatic heterocycles. The lowest BCUT2D eigenvalue weighted by Crippen LogP contribution is -2.54. The molecule has 1 saturated heterocycles. The van der Waals surface area contributed by atoms with Crippen LogP contribution in [0.1, 0.15) is 38.5 Å². The molecule has 0 radical (unpaired) electrons. The van der Waals surface area contributed by atoms with E-state index in [-0.39, 0.29) is 18.5 Å². The van der Waals surface area contributed by atoms with Crippen molar-refractivity contribution in [2.75, 3.05) is 39.2 Å². The summed E-state index contributed by atoms with van der Waals surface area (Å²) in [6.45, 7) is 2.81. The van der Waals surface area contributed by atoms with Crippen LogP contribution < -0.4 is 19.5 Å². The number of hydrogen-bond acceptors (Lipinski definition) is 6. The van der Waals surface area contributed by atoms with Gasteiger partial charge in [0.2, 0.25) is 0 Å². The fourth-order valence-electron chi connectivity index (χ4n) is 5.21. The number of rotatable bonds is 9. The Balaban J connectivity index is 0.00000342. The van der Waals surface area contributed by atoms with E-state index in [1.165, 1.54) is 25.7 Å². The first kappa shape index (κ1) is 27.4. The van der Waals surface area contributed by atoms with Crippen molar-refractivity contribution >= 4 is 35.5 Å². The van der Waals surface area contributed by atoms with E-state index < -0.39 is 0 Å². The Morgan fingerprint density at radius 3 is 2.23 bits per heavy atom. The minimum atomic E-state index is 0. The molecule has 0 bridgehead atoms. The van der Waals surface area contributed by atoms with E-state index in [2.05, 4.69) is 10.2 Å². The highest BCUT2D eigenvalue weighted by Crippen LogP contribution is 2.37. The molecule has 2 aromatic carbocycles. The van der Waals surface area contributed by atoms with Crippen molar-refractivity contribution in [2.24, 2.45) is 5.92 Å². The SMILES string of the molecule is COc1ccc(NC(=S)OC2CCN(CCCOc3ccc(OC)cc3)C3CCCCC23)cc1.Cl. The molecular weight excluding hydrogens is 484 g/mol. The molecule has 1 saturated carbocycles. The van der Waals surface area contributed by atoms with Gasteiger partial charge in [-0.05, 0) is 86.4 Å². The average Bonchev–Trinajstić information content (AvgIpc) is 2.88. The standard InChI is InChI=1S/C27H36N2O4S.ClH/c1-30-21-10-8-20(9-11-21)28-27(34)33-26-16-18-29(25-7-4-3-6-24(25)26)17-5-19-32-23-14-12-22(31-2)13-15-23;/h8-15,24-26H,3-7,16-19H2,1-2H3,(H,28,34);1H. The Morgan fingerprint density at radius 2 is 1.54 bits per heavy atom. The summed E-state index contributed by atoms with van der Waals surface area (Å²) in [4.78, 5) is 2.65. The number of likely N-dealkylation sites (tertiary alicyclic amines) is 1. The molecule has 35 heavy (non-hydrogen) atoms. The number of nitrogens with one attached hydrogen (secondary N) is 1. The first-order valence-electron chi connectivity index (χ1n) is 12.3. The molecule has 2 fully saturated rings. The summed E-state index contributed by atoms with van der Waals surface area (Å²) in [6.07, 6.45) is 7.20. The first-order chi connectivity index (χ1) is 16.7. The van der Waals surface area contributed by atoms with Crippen molar-refractivity contribution < 1.29 is 18.9 Å². The van der Waals surface area contributed by atoms with Gasteiger partial charge in [-0.3, -0.25) is 4.90 Å². The molecule has 6 nitrogen and oxygen atoms in total. The molecule has 3 unspecified atom stereocenters. The summed E-state index contributed by atoms with van der Waals surface area (Å²) in [5.74, 6) is 3.09. The molecule has 1 aliphatic carbocycles. The van der Waals surface area contributed by atoms with E-state index in [4.69, 9.17) is 31.2 Å². The molecule has 2 aliphatic rings. The smallest absolute Gasteiger partial charge is 0.261 e. The maximum Gasteiger partial charge on any atom is 0.261 e. The zero-order valence-electron chi connectivity index (χ0n) is 20.6. The van der Waals surface area contributed by atoms with Crippen LogP contribution in [0, 0.1) is 5.92 Å². The van der Waals surface area contributed by atoms with E-state index in [0.717, 1.165) is 55.5 Å². The summed E-state index contributed by atoms with van der Waals surface area (Å²) in [5.41, 5.74) is 0.917. The zero-order chi connectivity index (χ0) is 23.8. The third kappa shape index (κ3) is 7.63. The first-order valence-corrected chi connectivity index (χ1v) is 12.7. The Morgan fingerprint density at radius 1 is 0.914 bits per heavy atom. The summed E-state index contributed by atoms with van der Waals surface area (Å²) in [5, 5.41) is 3.69. The van der Waals surface area contributed by atoms with Gasteiger partial charge >= 0.3 is 0 Å². The number of fused-ring (bicyclic) bond motifs is 1. The molecule has 0 amide bonds. The second-order valence-electron chi connectivity index (χ2n) is 9.02. The molecule has 1 N–H and O–H groups in total. The normalized spacial score (nSPS) is 21.7. The number of halogens is 1. The van der Waals surface area contributed by atoms with Gasteiger partial charge < -0.3 is 24.3 Å². The highest BCUT2D eigenvalue weighted by Gasteiger charge is 2.40. The maximum atomic E-state index is 6.30. The van der Waals surface area contributed by atoms with Crippen molar-refractivity contribution in [1.82, 2.24) is 4.90 Å². The van der Waals surface area contributed by atoms with Gasteiger partial charge in [-0.1, -0.05) is 12.8 Å².